The molecule has 0 atom stereocenters. The summed E-state index contributed by atoms with van der Waals surface area (Å²) >= 11 is 17.9. The van der Waals surface area contributed by atoms with Crippen LogP contribution >= 0.6 is 34.8 Å². The Labute approximate surface area is 187 Å². The summed E-state index contributed by atoms with van der Waals surface area (Å²) in [5, 5.41) is 4.80. The summed E-state index contributed by atoms with van der Waals surface area (Å²) in [6.07, 6.45) is 1.34. The standard InChI is InChI=1S/C21H15Cl3N2O4/c1-2-29-21(28)16-9-12(3-7-17(16)23)19-8-5-14(30-19)11-25-26-20(27)15-6-4-13(22)10-18(15)24/h3-11H,2H2,1H3,(H,26,27)/b25-11-. The van der Waals surface area contributed by atoms with Gasteiger partial charge in [0.15, 0.2) is 0 Å². The van der Waals surface area contributed by atoms with E-state index in [0.717, 1.165) is 0 Å². The van der Waals surface area contributed by atoms with Crippen LogP contribution < -0.4 is 5.43 Å². The molecule has 0 bridgehead atoms. The van der Waals surface area contributed by atoms with Gasteiger partial charge in [0.25, 0.3) is 5.91 Å². The summed E-state index contributed by atoms with van der Waals surface area (Å²) in [5.41, 5.74) is 3.49. The lowest BCUT2D eigenvalue weighted by molar-refractivity contribution is 0.0526. The van der Waals surface area contributed by atoms with Gasteiger partial charge >= 0.3 is 5.97 Å². The number of halogens is 3. The quantitative estimate of drug-likeness (QED) is 0.281. The third kappa shape index (κ3) is 5.21. The molecule has 30 heavy (non-hydrogen) atoms. The van der Waals surface area contributed by atoms with Crippen molar-refractivity contribution in [3.05, 3.63) is 80.5 Å². The average molecular weight is 466 g/mol. The number of benzene rings is 2. The molecular formula is C21H15Cl3N2O4. The van der Waals surface area contributed by atoms with Gasteiger partial charge in [-0.15, -0.1) is 0 Å². The molecule has 0 saturated carbocycles. The van der Waals surface area contributed by atoms with Gasteiger partial charge in [0, 0.05) is 10.6 Å². The number of hydrogen-bond acceptors (Lipinski definition) is 5. The van der Waals surface area contributed by atoms with E-state index in [0.29, 0.717) is 22.1 Å². The van der Waals surface area contributed by atoms with Crippen LogP contribution in [-0.4, -0.2) is 24.7 Å². The number of nitrogens with one attached hydrogen (secondary N) is 1. The fourth-order valence-corrected chi connectivity index (χ4v) is 3.20. The molecule has 154 valence electrons. The van der Waals surface area contributed by atoms with E-state index in [1.165, 1.54) is 18.3 Å². The third-order valence-corrected chi connectivity index (χ3v) is 4.78. The average Bonchev–Trinajstić information content (AvgIpc) is 3.17. The van der Waals surface area contributed by atoms with Crippen molar-refractivity contribution in [2.24, 2.45) is 5.10 Å². The van der Waals surface area contributed by atoms with Crippen LogP contribution in [0.3, 0.4) is 0 Å². The van der Waals surface area contributed by atoms with Crippen LogP contribution in [-0.2, 0) is 4.74 Å². The lowest BCUT2D eigenvalue weighted by Crippen LogP contribution is -2.17. The van der Waals surface area contributed by atoms with Crippen molar-refractivity contribution in [1.29, 1.82) is 0 Å². The van der Waals surface area contributed by atoms with Gasteiger partial charge < -0.3 is 9.15 Å². The Morgan fingerprint density at radius 3 is 2.57 bits per heavy atom. The van der Waals surface area contributed by atoms with Gasteiger partial charge in [-0.3, -0.25) is 4.79 Å². The molecular weight excluding hydrogens is 451 g/mol. The molecule has 0 spiro atoms. The van der Waals surface area contributed by atoms with Crippen molar-refractivity contribution in [3.63, 3.8) is 0 Å². The fraction of sp³-hybridized carbons (Fsp3) is 0.0952. The molecule has 0 saturated heterocycles. The summed E-state index contributed by atoms with van der Waals surface area (Å²) in [6.45, 7) is 1.96. The van der Waals surface area contributed by atoms with E-state index in [9.17, 15) is 9.59 Å². The normalized spacial score (nSPS) is 10.9. The first-order chi connectivity index (χ1) is 14.4. The molecule has 1 N–H and O–H groups in total. The number of furan rings is 1. The second-order valence-electron chi connectivity index (χ2n) is 5.94. The molecule has 1 aromatic heterocycles. The summed E-state index contributed by atoms with van der Waals surface area (Å²) in [4.78, 5) is 24.1. The molecule has 0 aliphatic heterocycles. The number of ether oxygens (including phenoxy) is 1. The zero-order valence-corrected chi connectivity index (χ0v) is 17.9. The second kappa shape index (κ2) is 9.80. The van der Waals surface area contributed by atoms with E-state index in [-0.39, 0.29) is 27.8 Å². The number of hydrazone groups is 1. The Hall–Kier alpha value is -2.80. The third-order valence-electron chi connectivity index (χ3n) is 3.91. The van der Waals surface area contributed by atoms with E-state index in [1.54, 1.807) is 43.3 Å². The lowest BCUT2D eigenvalue weighted by atomic mass is 10.1. The van der Waals surface area contributed by atoms with Gasteiger partial charge in [-0.25, -0.2) is 10.2 Å². The van der Waals surface area contributed by atoms with Crippen LogP contribution in [0.4, 0.5) is 0 Å². The maximum Gasteiger partial charge on any atom is 0.339 e. The van der Waals surface area contributed by atoms with E-state index in [1.807, 2.05) is 0 Å². The zero-order chi connectivity index (χ0) is 21.7. The van der Waals surface area contributed by atoms with Gasteiger partial charge in [0.2, 0.25) is 0 Å². The van der Waals surface area contributed by atoms with Crippen LogP contribution in [0.25, 0.3) is 11.3 Å². The van der Waals surface area contributed by atoms with Gasteiger partial charge in [-0.2, -0.15) is 5.10 Å². The SMILES string of the molecule is CCOC(=O)c1cc(-c2ccc(/C=N\NC(=O)c3ccc(Cl)cc3Cl)o2)ccc1Cl. The zero-order valence-electron chi connectivity index (χ0n) is 15.6. The predicted octanol–water partition coefficient (Wildman–Crippen LogP) is 5.85. The Balaban J connectivity index is 1.71. The molecule has 2 aromatic carbocycles. The highest BCUT2D eigenvalue weighted by molar-refractivity contribution is 6.36. The number of esters is 1. The molecule has 0 unspecified atom stereocenters. The van der Waals surface area contributed by atoms with Gasteiger partial charge in [-0.1, -0.05) is 34.8 Å². The van der Waals surface area contributed by atoms with Crippen LogP contribution in [0, 0.1) is 0 Å². The molecule has 6 nitrogen and oxygen atoms in total. The van der Waals surface area contributed by atoms with Crippen molar-refractivity contribution in [3.8, 4) is 11.3 Å². The monoisotopic (exact) mass is 464 g/mol. The van der Waals surface area contributed by atoms with Gasteiger partial charge in [0.1, 0.15) is 11.5 Å². The highest BCUT2D eigenvalue weighted by Crippen LogP contribution is 2.27. The number of rotatable bonds is 6. The summed E-state index contributed by atoms with van der Waals surface area (Å²) in [5.74, 6) is -0.122. The molecule has 0 aliphatic rings. The summed E-state index contributed by atoms with van der Waals surface area (Å²) < 4.78 is 10.7. The van der Waals surface area contributed by atoms with Crippen LogP contribution in [0.5, 0.6) is 0 Å². The fourth-order valence-electron chi connectivity index (χ4n) is 2.51. The molecule has 3 rings (SSSR count). The Morgan fingerprint density at radius 1 is 1.03 bits per heavy atom. The number of carbonyl (C=O) groups is 2. The molecule has 0 radical (unpaired) electrons. The first-order valence-corrected chi connectivity index (χ1v) is 9.87. The minimum absolute atomic E-state index is 0.218. The van der Waals surface area contributed by atoms with E-state index in [2.05, 4.69) is 10.5 Å². The molecule has 0 fully saturated rings. The Bertz CT molecular complexity index is 1130. The largest absolute Gasteiger partial charge is 0.462 e. The molecule has 1 heterocycles. The van der Waals surface area contributed by atoms with Crippen molar-refractivity contribution in [2.45, 2.75) is 6.92 Å². The number of carbonyl (C=O) groups excluding carboxylic acids is 2. The number of hydrogen-bond donors (Lipinski definition) is 1. The topological polar surface area (TPSA) is 80.9 Å². The molecule has 0 aliphatic carbocycles. The molecule has 9 heteroatoms. The van der Waals surface area contributed by atoms with Crippen molar-refractivity contribution in [1.82, 2.24) is 5.43 Å². The minimum atomic E-state index is -0.513. The lowest BCUT2D eigenvalue weighted by Gasteiger charge is -2.05. The van der Waals surface area contributed by atoms with Crippen LogP contribution in [0.15, 0.2) is 58.0 Å². The van der Waals surface area contributed by atoms with Crippen molar-refractivity contribution < 1.29 is 18.7 Å². The van der Waals surface area contributed by atoms with E-state index in [4.69, 9.17) is 44.0 Å². The Kier molecular flexibility index (Phi) is 7.15. The first kappa shape index (κ1) is 21.9. The Morgan fingerprint density at radius 2 is 1.83 bits per heavy atom. The molecule has 1 amide bonds. The summed E-state index contributed by atoms with van der Waals surface area (Å²) in [7, 11) is 0. The number of nitrogens with zero attached hydrogens (tertiary/aromatic N) is 1. The smallest absolute Gasteiger partial charge is 0.339 e. The van der Waals surface area contributed by atoms with E-state index >= 15 is 0 Å². The van der Waals surface area contributed by atoms with Crippen LogP contribution in [0.2, 0.25) is 15.1 Å². The maximum absolute atomic E-state index is 12.1. The molecule has 3 aromatic rings. The van der Waals surface area contributed by atoms with Gasteiger partial charge in [-0.05, 0) is 55.5 Å². The first-order valence-electron chi connectivity index (χ1n) is 8.74. The second-order valence-corrected chi connectivity index (χ2v) is 7.19. The van der Waals surface area contributed by atoms with Crippen molar-refractivity contribution in [2.75, 3.05) is 6.61 Å². The highest BCUT2D eigenvalue weighted by atomic mass is 35.5. The van der Waals surface area contributed by atoms with E-state index < -0.39 is 11.9 Å². The van der Waals surface area contributed by atoms with Crippen molar-refractivity contribution >= 4 is 52.9 Å². The van der Waals surface area contributed by atoms with Gasteiger partial charge in [0.05, 0.1) is 34.0 Å². The summed E-state index contributed by atoms with van der Waals surface area (Å²) in [6, 6.07) is 12.8. The maximum atomic E-state index is 12.1. The number of amides is 1. The minimum Gasteiger partial charge on any atom is -0.462 e. The predicted molar refractivity (Wildman–Crippen MR) is 117 cm³/mol. The van der Waals surface area contributed by atoms with Crippen LogP contribution in [0.1, 0.15) is 33.4 Å². The highest BCUT2D eigenvalue weighted by Gasteiger charge is 2.14.